The summed E-state index contributed by atoms with van der Waals surface area (Å²) in [6, 6.07) is 0. The lowest BCUT2D eigenvalue weighted by atomic mass is 9.98. The van der Waals surface area contributed by atoms with Gasteiger partial charge in [-0.1, -0.05) is 0 Å². The molecule has 0 saturated carbocycles. The molecule has 0 aromatic heterocycles. The first-order valence-electron chi connectivity index (χ1n) is 7.24. The fraction of sp³-hybridized carbons (Fsp3) is 0.857. The number of piperidine rings is 1. The SMILES string of the molecule is CNC(=O)CCC(C)(C)NC(=O)CN1CCC[C@@H](O)C1. The summed E-state index contributed by atoms with van der Waals surface area (Å²) in [6.45, 7) is 5.55. The van der Waals surface area contributed by atoms with Gasteiger partial charge in [0, 0.05) is 25.6 Å². The fourth-order valence-corrected chi connectivity index (χ4v) is 2.41. The average molecular weight is 285 g/mol. The summed E-state index contributed by atoms with van der Waals surface area (Å²) < 4.78 is 0. The maximum absolute atomic E-state index is 12.0. The number of aliphatic hydroxyl groups is 1. The Kier molecular flexibility index (Phi) is 6.42. The van der Waals surface area contributed by atoms with E-state index in [2.05, 4.69) is 10.6 Å². The summed E-state index contributed by atoms with van der Waals surface area (Å²) in [5.41, 5.74) is -0.405. The number of rotatable bonds is 6. The van der Waals surface area contributed by atoms with Gasteiger partial charge in [0.1, 0.15) is 0 Å². The van der Waals surface area contributed by atoms with Gasteiger partial charge < -0.3 is 15.7 Å². The highest BCUT2D eigenvalue weighted by molar-refractivity contribution is 5.79. The Labute approximate surface area is 120 Å². The maximum atomic E-state index is 12.0. The summed E-state index contributed by atoms with van der Waals surface area (Å²) in [4.78, 5) is 25.2. The van der Waals surface area contributed by atoms with E-state index in [9.17, 15) is 14.7 Å². The van der Waals surface area contributed by atoms with Crippen LogP contribution in [0.2, 0.25) is 0 Å². The molecule has 0 aromatic rings. The third-order valence-electron chi connectivity index (χ3n) is 3.58. The smallest absolute Gasteiger partial charge is 0.234 e. The van der Waals surface area contributed by atoms with Crippen molar-refractivity contribution in [3.05, 3.63) is 0 Å². The zero-order chi connectivity index (χ0) is 15.2. The number of hydrogen-bond donors (Lipinski definition) is 3. The molecule has 1 aliphatic rings. The van der Waals surface area contributed by atoms with Crippen LogP contribution in [0.25, 0.3) is 0 Å². The molecule has 20 heavy (non-hydrogen) atoms. The largest absolute Gasteiger partial charge is 0.392 e. The van der Waals surface area contributed by atoms with E-state index in [-0.39, 0.29) is 17.9 Å². The number of β-amino-alcohol motifs (C(OH)–C–C–N with tert-alkyl or cyclic N) is 1. The van der Waals surface area contributed by atoms with Gasteiger partial charge in [0.15, 0.2) is 0 Å². The predicted octanol–water partition coefficient (Wildman–Crippen LogP) is -0.136. The summed E-state index contributed by atoms with van der Waals surface area (Å²) in [7, 11) is 1.61. The minimum atomic E-state index is -0.405. The molecule has 0 spiro atoms. The van der Waals surface area contributed by atoms with Crippen molar-refractivity contribution in [2.24, 2.45) is 0 Å². The zero-order valence-corrected chi connectivity index (χ0v) is 12.7. The lowest BCUT2D eigenvalue weighted by Gasteiger charge is -2.31. The van der Waals surface area contributed by atoms with Crippen LogP contribution in [-0.4, -0.2) is 60.1 Å². The van der Waals surface area contributed by atoms with Crippen molar-refractivity contribution in [3.8, 4) is 0 Å². The second-order valence-electron chi connectivity index (χ2n) is 6.14. The van der Waals surface area contributed by atoms with Gasteiger partial charge in [0.2, 0.25) is 11.8 Å². The van der Waals surface area contributed by atoms with Gasteiger partial charge in [-0.05, 0) is 39.7 Å². The minimum Gasteiger partial charge on any atom is -0.392 e. The Bertz CT molecular complexity index is 345. The lowest BCUT2D eigenvalue weighted by molar-refractivity contribution is -0.125. The first-order valence-corrected chi connectivity index (χ1v) is 7.24. The summed E-state index contributed by atoms with van der Waals surface area (Å²) in [5.74, 6) is -0.0764. The molecule has 1 rings (SSSR count). The minimum absolute atomic E-state index is 0.0218. The molecule has 1 heterocycles. The number of aliphatic hydroxyl groups excluding tert-OH is 1. The number of nitrogens with zero attached hydrogens (tertiary/aromatic N) is 1. The molecule has 3 N–H and O–H groups in total. The third-order valence-corrected chi connectivity index (χ3v) is 3.58. The fourth-order valence-electron chi connectivity index (χ4n) is 2.41. The van der Waals surface area contributed by atoms with Crippen LogP contribution < -0.4 is 10.6 Å². The molecule has 0 aliphatic carbocycles. The van der Waals surface area contributed by atoms with Crippen LogP contribution in [0.15, 0.2) is 0 Å². The average Bonchev–Trinajstić information content (AvgIpc) is 2.35. The van der Waals surface area contributed by atoms with Crippen LogP contribution in [0.1, 0.15) is 39.5 Å². The van der Waals surface area contributed by atoms with Crippen molar-refractivity contribution in [2.45, 2.75) is 51.2 Å². The van der Waals surface area contributed by atoms with Gasteiger partial charge in [-0.15, -0.1) is 0 Å². The van der Waals surface area contributed by atoms with Crippen LogP contribution in [0.4, 0.5) is 0 Å². The Balaban J connectivity index is 2.34. The van der Waals surface area contributed by atoms with Crippen LogP contribution in [0.5, 0.6) is 0 Å². The number of likely N-dealkylation sites (tertiary alicyclic amines) is 1. The highest BCUT2D eigenvalue weighted by Crippen LogP contribution is 2.12. The molecule has 1 saturated heterocycles. The Morgan fingerprint density at radius 3 is 2.65 bits per heavy atom. The van der Waals surface area contributed by atoms with Gasteiger partial charge in [-0.2, -0.15) is 0 Å². The monoisotopic (exact) mass is 285 g/mol. The zero-order valence-electron chi connectivity index (χ0n) is 12.7. The van der Waals surface area contributed by atoms with E-state index in [1.807, 2.05) is 18.7 Å². The molecular formula is C14H27N3O3. The quantitative estimate of drug-likeness (QED) is 0.635. The van der Waals surface area contributed by atoms with Gasteiger partial charge in [0.25, 0.3) is 0 Å². The molecule has 0 aromatic carbocycles. The second kappa shape index (κ2) is 7.59. The third kappa shape index (κ3) is 6.34. The van der Waals surface area contributed by atoms with E-state index in [0.29, 0.717) is 25.9 Å². The predicted molar refractivity (Wildman–Crippen MR) is 77.2 cm³/mol. The highest BCUT2D eigenvalue weighted by Gasteiger charge is 2.24. The molecule has 0 unspecified atom stereocenters. The molecule has 0 radical (unpaired) electrons. The first kappa shape index (κ1) is 16.9. The van der Waals surface area contributed by atoms with Crippen LogP contribution in [0.3, 0.4) is 0 Å². The van der Waals surface area contributed by atoms with E-state index in [0.717, 1.165) is 19.4 Å². The van der Waals surface area contributed by atoms with Crippen molar-refractivity contribution in [2.75, 3.05) is 26.7 Å². The number of hydrogen-bond acceptors (Lipinski definition) is 4. The van der Waals surface area contributed by atoms with Crippen LogP contribution >= 0.6 is 0 Å². The summed E-state index contributed by atoms with van der Waals surface area (Å²) in [5, 5.41) is 15.1. The van der Waals surface area contributed by atoms with Gasteiger partial charge in [-0.3, -0.25) is 14.5 Å². The molecule has 1 atom stereocenters. The topological polar surface area (TPSA) is 81.7 Å². The molecule has 2 amide bonds. The Morgan fingerprint density at radius 1 is 1.35 bits per heavy atom. The Hall–Kier alpha value is -1.14. The number of amides is 2. The number of carbonyl (C=O) groups is 2. The molecule has 1 aliphatic heterocycles. The standard InChI is InChI=1S/C14H27N3O3/c1-14(2,7-6-12(19)15-3)16-13(20)10-17-8-4-5-11(18)9-17/h11,18H,4-10H2,1-3H3,(H,15,19)(H,16,20)/t11-/m1/s1. The van der Waals surface area contributed by atoms with Gasteiger partial charge in [-0.25, -0.2) is 0 Å². The van der Waals surface area contributed by atoms with Gasteiger partial charge >= 0.3 is 0 Å². The molecule has 6 nitrogen and oxygen atoms in total. The van der Waals surface area contributed by atoms with E-state index in [1.165, 1.54) is 0 Å². The molecule has 6 heteroatoms. The van der Waals surface area contributed by atoms with Crippen molar-refractivity contribution in [1.29, 1.82) is 0 Å². The summed E-state index contributed by atoms with van der Waals surface area (Å²) in [6.07, 6.45) is 2.41. The van der Waals surface area contributed by atoms with Crippen LogP contribution in [0, 0.1) is 0 Å². The maximum Gasteiger partial charge on any atom is 0.234 e. The highest BCUT2D eigenvalue weighted by atomic mass is 16.3. The van der Waals surface area contributed by atoms with Crippen molar-refractivity contribution in [3.63, 3.8) is 0 Å². The Morgan fingerprint density at radius 2 is 2.05 bits per heavy atom. The molecule has 116 valence electrons. The molecular weight excluding hydrogens is 258 g/mol. The van der Waals surface area contributed by atoms with Crippen LogP contribution in [-0.2, 0) is 9.59 Å². The van der Waals surface area contributed by atoms with Crippen molar-refractivity contribution in [1.82, 2.24) is 15.5 Å². The van der Waals surface area contributed by atoms with Gasteiger partial charge in [0.05, 0.1) is 12.6 Å². The van der Waals surface area contributed by atoms with Crippen molar-refractivity contribution >= 4 is 11.8 Å². The summed E-state index contributed by atoms with van der Waals surface area (Å²) >= 11 is 0. The van der Waals surface area contributed by atoms with E-state index in [1.54, 1.807) is 7.05 Å². The first-order chi connectivity index (χ1) is 9.32. The van der Waals surface area contributed by atoms with E-state index in [4.69, 9.17) is 0 Å². The normalized spacial score (nSPS) is 20.5. The van der Waals surface area contributed by atoms with Crippen molar-refractivity contribution < 1.29 is 14.7 Å². The number of carbonyl (C=O) groups excluding carboxylic acids is 2. The lowest BCUT2D eigenvalue weighted by Crippen LogP contribution is -2.50. The van der Waals surface area contributed by atoms with E-state index >= 15 is 0 Å². The molecule has 0 bridgehead atoms. The second-order valence-corrected chi connectivity index (χ2v) is 6.14. The van der Waals surface area contributed by atoms with E-state index < -0.39 is 5.54 Å². The molecule has 1 fully saturated rings. The number of nitrogens with one attached hydrogen (secondary N) is 2.